The third-order valence-electron chi connectivity index (χ3n) is 5.38. The summed E-state index contributed by atoms with van der Waals surface area (Å²) >= 11 is 5.87. The Morgan fingerprint density at radius 2 is 1.74 bits per heavy atom. The summed E-state index contributed by atoms with van der Waals surface area (Å²) in [5, 5.41) is 10.6. The maximum Gasteiger partial charge on any atom is 0.352 e. The Bertz CT molecular complexity index is 1520. The molecule has 0 bridgehead atoms. The van der Waals surface area contributed by atoms with E-state index >= 15 is 0 Å². The quantitative estimate of drug-likeness (QED) is 0.388. The van der Waals surface area contributed by atoms with Crippen LogP contribution >= 0.6 is 11.6 Å². The van der Waals surface area contributed by atoms with Crippen molar-refractivity contribution in [2.24, 2.45) is 5.92 Å². The fraction of sp³-hybridized carbons (Fsp3) is 0.292. The lowest BCUT2D eigenvalue weighted by atomic mass is 10.2. The molecule has 2 aromatic heterocycles. The number of para-hydroxylation sites is 1. The van der Waals surface area contributed by atoms with Gasteiger partial charge in [0.05, 0.1) is 10.9 Å². The van der Waals surface area contributed by atoms with Gasteiger partial charge in [-0.1, -0.05) is 37.6 Å². The first-order valence-corrected chi connectivity index (χ1v) is 11.6. The highest BCUT2D eigenvalue weighted by atomic mass is 35.5. The zero-order valence-corrected chi connectivity index (χ0v) is 20.1. The van der Waals surface area contributed by atoms with Crippen LogP contribution in [0.5, 0.6) is 0 Å². The zero-order chi connectivity index (χ0) is 25.1. The number of nitrogens with zero attached hydrogens (tertiary/aromatic N) is 4. The molecule has 0 radical (unpaired) electrons. The van der Waals surface area contributed by atoms with Gasteiger partial charge in [0.25, 0.3) is 5.56 Å². The molecule has 0 atom stereocenters. The van der Waals surface area contributed by atoms with Gasteiger partial charge < -0.3 is 10.6 Å². The molecule has 2 amide bonds. The number of rotatable bonds is 8. The van der Waals surface area contributed by atoms with Gasteiger partial charge in [-0.05, 0) is 42.3 Å². The number of aryl methyl sites for hydroxylation is 1. The first kappa shape index (κ1) is 24.2. The Morgan fingerprint density at radius 1 is 1.03 bits per heavy atom. The molecule has 0 saturated carbocycles. The Kier molecular flexibility index (Phi) is 7.02. The van der Waals surface area contributed by atoms with Crippen molar-refractivity contribution in [3.05, 3.63) is 74.4 Å². The molecular weight excluding hydrogens is 472 g/mol. The summed E-state index contributed by atoms with van der Waals surface area (Å²) in [4.78, 5) is 51.3. The van der Waals surface area contributed by atoms with Crippen molar-refractivity contribution < 1.29 is 9.59 Å². The van der Waals surface area contributed by atoms with E-state index in [-0.39, 0.29) is 36.8 Å². The maximum atomic E-state index is 13.2. The van der Waals surface area contributed by atoms with Crippen LogP contribution in [0.25, 0.3) is 16.7 Å². The third kappa shape index (κ3) is 5.27. The molecule has 0 aliphatic heterocycles. The zero-order valence-electron chi connectivity index (χ0n) is 19.3. The number of anilines is 1. The van der Waals surface area contributed by atoms with Gasteiger partial charge in [0.2, 0.25) is 17.6 Å². The van der Waals surface area contributed by atoms with E-state index in [4.69, 9.17) is 11.6 Å². The monoisotopic (exact) mass is 496 g/mol. The molecule has 11 heteroatoms. The van der Waals surface area contributed by atoms with Crippen molar-refractivity contribution in [3.8, 4) is 0 Å². The summed E-state index contributed by atoms with van der Waals surface area (Å²) in [6.45, 7) is 4.17. The van der Waals surface area contributed by atoms with Crippen LogP contribution in [0.4, 0.5) is 5.69 Å². The smallest absolute Gasteiger partial charge is 0.352 e. The van der Waals surface area contributed by atoms with Crippen LogP contribution in [0, 0.1) is 5.92 Å². The number of benzene rings is 2. The van der Waals surface area contributed by atoms with Crippen molar-refractivity contribution in [1.29, 1.82) is 0 Å². The first-order valence-electron chi connectivity index (χ1n) is 11.2. The Labute approximate surface area is 205 Å². The molecule has 0 aliphatic carbocycles. The largest absolute Gasteiger partial charge is 0.356 e. The Hall–Kier alpha value is -3.92. The van der Waals surface area contributed by atoms with Crippen LogP contribution < -0.4 is 21.9 Å². The molecule has 182 valence electrons. The van der Waals surface area contributed by atoms with Crippen molar-refractivity contribution >= 4 is 45.8 Å². The predicted molar refractivity (Wildman–Crippen MR) is 134 cm³/mol. The van der Waals surface area contributed by atoms with E-state index in [9.17, 15) is 19.2 Å². The lowest BCUT2D eigenvalue weighted by Crippen LogP contribution is -2.31. The van der Waals surface area contributed by atoms with Gasteiger partial charge in [0, 0.05) is 30.2 Å². The fourth-order valence-corrected chi connectivity index (χ4v) is 3.79. The summed E-state index contributed by atoms with van der Waals surface area (Å²) in [6, 6.07) is 13.2. The average molecular weight is 497 g/mol. The van der Waals surface area contributed by atoms with Crippen LogP contribution in [-0.4, -0.2) is 37.1 Å². The predicted octanol–water partition coefficient (Wildman–Crippen LogP) is 2.27. The number of aromatic nitrogens is 4. The summed E-state index contributed by atoms with van der Waals surface area (Å²) in [5.41, 5.74) is -0.0404. The van der Waals surface area contributed by atoms with Crippen molar-refractivity contribution in [2.45, 2.75) is 33.4 Å². The van der Waals surface area contributed by atoms with Crippen LogP contribution in [0.1, 0.15) is 20.3 Å². The summed E-state index contributed by atoms with van der Waals surface area (Å²) in [7, 11) is 0. The summed E-state index contributed by atoms with van der Waals surface area (Å²) in [6.07, 6.45) is 0.0404. The number of nitrogens with one attached hydrogen (secondary N) is 2. The van der Waals surface area contributed by atoms with Crippen LogP contribution in [0.2, 0.25) is 5.02 Å². The minimum Gasteiger partial charge on any atom is -0.356 e. The molecule has 4 aromatic rings. The average Bonchev–Trinajstić information content (AvgIpc) is 3.14. The molecule has 10 nitrogen and oxygen atoms in total. The molecule has 2 aromatic carbocycles. The third-order valence-corrected chi connectivity index (χ3v) is 5.63. The Morgan fingerprint density at radius 3 is 2.46 bits per heavy atom. The van der Waals surface area contributed by atoms with Gasteiger partial charge in [-0.2, -0.15) is 0 Å². The van der Waals surface area contributed by atoms with Crippen molar-refractivity contribution in [1.82, 2.24) is 24.1 Å². The van der Waals surface area contributed by atoms with E-state index in [2.05, 4.69) is 15.7 Å². The number of hydrogen-bond donors (Lipinski definition) is 2. The molecule has 2 heterocycles. The SMILES string of the molecule is CC(C)CNC(=O)CCn1c(=O)c2ccccc2n2c(=O)n(CC(=O)Nc3ccc(Cl)cc3)nc12. The second kappa shape index (κ2) is 10.1. The van der Waals surface area contributed by atoms with Crippen molar-refractivity contribution in [3.63, 3.8) is 0 Å². The fourth-order valence-electron chi connectivity index (χ4n) is 3.66. The number of amides is 2. The second-order valence-corrected chi connectivity index (χ2v) is 8.99. The molecule has 4 rings (SSSR count). The lowest BCUT2D eigenvalue weighted by molar-refractivity contribution is -0.121. The van der Waals surface area contributed by atoms with Crippen LogP contribution in [0.3, 0.4) is 0 Å². The van der Waals surface area contributed by atoms with E-state index < -0.39 is 11.6 Å². The topological polar surface area (TPSA) is 120 Å². The summed E-state index contributed by atoms with van der Waals surface area (Å²) < 4.78 is 3.59. The van der Waals surface area contributed by atoms with E-state index in [1.54, 1.807) is 48.5 Å². The molecular formula is C24H25ClN6O4. The molecule has 0 fully saturated rings. The molecule has 0 unspecified atom stereocenters. The van der Waals surface area contributed by atoms with E-state index in [0.29, 0.717) is 34.1 Å². The Balaban J connectivity index is 1.69. The molecule has 35 heavy (non-hydrogen) atoms. The van der Waals surface area contributed by atoms with Gasteiger partial charge in [-0.25, -0.2) is 13.9 Å². The normalized spacial score (nSPS) is 11.3. The first-order chi connectivity index (χ1) is 16.7. The van der Waals surface area contributed by atoms with Crippen molar-refractivity contribution in [2.75, 3.05) is 11.9 Å². The molecule has 0 aliphatic rings. The molecule has 0 saturated heterocycles. The molecule has 2 N–H and O–H groups in total. The van der Waals surface area contributed by atoms with Crippen LogP contribution in [-0.2, 0) is 22.7 Å². The van der Waals surface area contributed by atoms with Gasteiger partial charge >= 0.3 is 5.69 Å². The van der Waals surface area contributed by atoms with Crippen LogP contribution in [0.15, 0.2) is 58.1 Å². The number of carbonyl (C=O) groups excluding carboxylic acids is 2. The van der Waals surface area contributed by atoms with E-state index in [1.807, 2.05) is 13.8 Å². The van der Waals surface area contributed by atoms with E-state index in [0.717, 1.165) is 4.68 Å². The summed E-state index contributed by atoms with van der Waals surface area (Å²) in [5.74, 6) is -0.317. The van der Waals surface area contributed by atoms with Gasteiger partial charge in [0.1, 0.15) is 6.54 Å². The van der Waals surface area contributed by atoms with E-state index in [1.165, 1.54) is 8.97 Å². The number of fused-ring (bicyclic) bond motifs is 3. The minimum atomic E-state index is -0.569. The van der Waals surface area contributed by atoms with Gasteiger partial charge in [-0.3, -0.25) is 19.0 Å². The lowest BCUT2D eigenvalue weighted by Gasteiger charge is -2.10. The molecule has 0 spiro atoms. The number of carbonyl (C=O) groups is 2. The maximum absolute atomic E-state index is 13.2. The number of hydrogen-bond acceptors (Lipinski definition) is 5. The highest BCUT2D eigenvalue weighted by Gasteiger charge is 2.19. The van der Waals surface area contributed by atoms with Gasteiger partial charge in [0.15, 0.2) is 0 Å². The minimum absolute atomic E-state index is 0.0323. The number of halogens is 1. The standard InChI is InChI=1S/C24H25ClN6O4/c1-15(2)13-26-20(32)11-12-29-22(34)18-5-3-4-6-19(18)31-23(29)28-30(24(31)35)14-21(33)27-17-9-7-16(25)8-10-17/h3-10,15H,11-14H2,1-2H3,(H,26,32)(H,27,33). The highest BCUT2D eigenvalue weighted by molar-refractivity contribution is 6.30. The van der Waals surface area contributed by atoms with Gasteiger partial charge in [-0.15, -0.1) is 5.10 Å². The highest BCUT2D eigenvalue weighted by Crippen LogP contribution is 2.14. The second-order valence-electron chi connectivity index (χ2n) is 8.55.